The Bertz CT molecular complexity index is 1210. The molecule has 1 N–H and O–H groups in total. The molecule has 0 bridgehead atoms. The Morgan fingerprint density at radius 1 is 0.972 bits per heavy atom. The maximum Gasteiger partial charge on any atom is 0.263 e. The van der Waals surface area contributed by atoms with Gasteiger partial charge in [0.15, 0.2) is 0 Å². The number of rotatable bonds is 6. The molecule has 1 spiro atoms. The number of amides is 3. The number of nitrogens with zero attached hydrogens (tertiary/aromatic N) is 3. The van der Waals surface area contributed by atoms with Crippen LogP contribution in [0.25, 0.3) is 0 Å². The lowest BCUT2D eigenvalue weighted by Gasteiger charge is -2.43. The first kappa shape index (κ1) is 24.1. The third-order valence-corrected chi connectivity index (χ3v) is 8.06. The van der Waals surface area contributed by atoms with Gasteiger partial charge in [-0.05, 0) is 48.9 Å². The minimum atomic E-state index is -0.765. The fourth-order valence-corrected chi connectivity index (χ4v) is 5.93. The zero-order chi connectivity index (χ0) is 25.1. The summed E-state index contributed by atoms with van der Waals surface area (Å²) in [4.78, 5) is 46.0. The molecule has 2 saturated heterocycles. The molecule has 7 nitrogen and oxygen atoms in total. The predicted molar refractivity (Wildman–Crippen MR) is 141 cm³/mol. The second-order valence-electron chi connectivity index (χ2n) is 9.41. The molecule has 0 radical (unpaired) electrons. The predicted octanol–water partition coefficient (Wildman–Crippen LogP) is 3.91. The van der Waals surface area contributed by atoms with Crippen molar-refractivity contribution in [3.05, 3.63) is 88.6 Å². The Hall–Kier alpha value is -3.65. The van der Waals surface area contributed by atoms with E-state index in [1.807, 2.05) is 90.0 Å². The third-order valence-electron chi connectivity index (χ3n) is 7.20. The summed E-state index contributed by atoms with van der Waals surface area (Å²) in [7, 11) is 0. The van der Waals surface area contributed by atoms with Crippen LogP contribution in [-0.4, -0.2) is 59.4 Å². The lowest BCUT2D eigenvalue weighted by atomic mass is 9.85. The van der Waals surface area contributed by atoms with E-state index in [4.69, 9.17) is 0 Å². The number of carbonyl (C=O) groups excluding carboxylic acids is 3. The molecule has 3 heterocycles. The van der Waals surface area contributed by atoms with Gasteiger partial charge in [-0.2, -0.15) is 0 Å². The molecule has 36 heavy (non-hydrogen) atoms. The molecule has 2 aliphatic rings. The first-order valence-electron chi connectivity index (χ1n) is 12.3. The van der Waals surface area contributed by atoms with Crippen LogP contribution in [0.2, 0.25) is 0 Å². The van der Waals surface area contributed by atoms with Crippen LogP contribution in [0, 0.1) is 0 Å². The normalized spacial score (nSPS) is 17.9. The van der Waals surface area contributed by atoms with Gasteiger partial charge in [-0.25, -0.2) is 0 Å². The minimum absolute atomic E-state index is 0.00106. The maximum atomic E-state index is 13.9. The van der Waals surface area contributed by atoms with Gasteiger partial charge in [-0.3, -0.25) is 14.4 Å². The second-order valence-corrected chi connectivity index (χ2v) is 10.4. The van der Waals surface area contributed by atoms with Crippen molar-refractivity contribution in [3.8, 4) is 0 Å². The molecular formula is C28H30N4O3S. The molecule has 186 valence electrons. The van der Waals surface area contributed by atoms with Crippen molar-refractivity contribution >= 4 is 34.7 Å². The Morgan fingerprint density at radius 2 is 1.64 bits per heavy atom. The van der Waals surface area contributed by atoms with E-state index in [-0.39, 0.29) is 30.3 Å². The van der Waals surface area contributed by atoms with Crippen LogP contribution in [-0.2, 0) is 9.59 Å². The molecule has 2 aromatic carbocycles. The quantitative estimate of drug-likeness (QED) is 0.555. The highest BCUT2D eigenvalue weighted by Gasteiger charge is 2.54. The monoisotopic (exact) mass is 502 g/mol. The summed E-state index contributed by atoms with van der Waals surface area (Å²) < 4.78 is 0. The first-order chi connectivity index (χ1) is 17.5. The summed E-state index contributed by atoms with van der Waals surface area (Å²) >= 11 is 1.44. The van der Waals surface area contributed by atoms with Crippen molar-refractivity contribution in [1.29, 1.82) is 0 Å². The highest BCUT2D eigenvalue weighted by atomic mass is 32.1. The van der Waals surface area contributed by atoms with Gasteiger partial charge in [0.05, 0.1) is 17.6 Å². The average Bonchev–Trinajstić information content (AvgIpc) is 3.54. The van der Waals surface area contributed by atoms with Gasteiger partial charge in [0.2, 0.25) is 5.91 Å². The third kappa shape index (κ3) is 4.60. The maximum absolute atomic E-state index is 13.9. The summed E-state index contributed by atoms with van der Waals surface area (Å²) in [6, 6.07) is 23.2. The molecule has 1 atom stereocenters. The molecule has 1 unspecified atom stereocenters. The van der Waals surface area contributed by atoms with Crippen LogP contribution in [0.4, 0.5) is 5.69 Å². The molecule has 5 rings (SSSR count). The average molecular weight is 503 g/mol. The zero-order valence-electron chi connectivity index (χ0n) is 20.3. The topological polar surface area (TPSA) is 73.0 Å². The van der Waals surface area contributed by atoms with Crippen LogP contribution in [0.15, 0.2) is 78.2 Å². The number of nitrogens with one attached hydrogen (secondary N) is 1. The lowest BCUT2D eigenvalue weighted by molar-refractivity contribution is -0.137. The second kappa shape index (κ2) is 10.1. The van der Waals surface area contributed by atoms with Crippen molar-refractivity contribution in [3.63, 3.8) is 0 Å². The molecule has 2 fully saturated rings. The fraction of sp³-hybridized carbons (Fsp3) is 0.321. The number of hydrogen-bond donors (Lipinski definition) is 1. The number of para-hydroxylation sites is 1. The van der Waals surface area contributed by atoms with Gasteiger partial charge >= 0.3 is 0 Å². The molecule has 2 aliphatic heterocycles. The molecule has 1 aromatic heterocycles. The standard InChI is InChI=1S/C28H30N4O3S/c1-21(22-9-4-2-5-10-22)29-25(33)19-31-20-32(23-11-6-3-7-12-23)28(27(31)35)14-16-30(17-15-28)26(34)24-13-8-18-36-24/h2-13,18,21H,14-17,19-20H2,1H3,(H,29,33). The SMILES string of the molecule is CC(NC(=O)CN1CN(c2ccccc2)C2(CCN(C(=O)c3cccs3)CC2)C1=O)c1ccccc1. The largest absolute Gasteiger partial charge is 0.348 e. The zero-order valence-corrected chi connectivity index (χ0v) is 21.1. The molecule has 8 heteroatoms. The summed E-state index contributed by atoms with van der Waals surface area (Å²) in [5.74, 6) is -0.213. The first-order valence-corrected chi connectivity index (χ1v) is 13.1. The van der Waals surface area contributed by atoms with Crippen molar-refractivity contribution in [2.45, 2.75) is 31.3 Å². The summed E-state index contributed by atoms with van der Waals surface area (Å²) in [5.41, 5.74) is 1.20. The van der Waals surface area contributed by atoms with Gasteiger partial charge in [0.1, 0.15) is 12.1 Å². The van der Waals surface area contributed by atoms with Crippen molar-refractivity contribution in [2.24, 2.45) is 0 Å². The van der Waals surface area contributed by atoms with Crippen LogP contribution in [0.3, 0.4) is 0 Å². The van der Waals surface area contributed by atoms with Gasteiger partial charge in [0, 0.05) is 18.8 Å². The number of likely N-dealkylation sites (tertiary alicyclic amines) is 1. The van der Waals surface area contributed by atoms with Crippen molar-refractivity contribution in [2.75, 3.05) is 31.2 Å². The van der Waals surface area contributed by atoms with Crippen LogP contribution < -0.4 is 10.2 Å². The van der Waals surface area contributed by atoms with E-state index < -0.39 is 5.54 Å². The minimum Gasteiger partial charge on any atom is -0.348 e. The Balaban J connectivity index is 1.32. The van der Waals surface area contributed by atoms with E-state index in [1.165, 1.54) is 11.3 Å². The van der Waals surface area contributed by atoms with Gasteiger partial charge in [0.25, 0.3) is 11.8 Å². The molecular weight excluding hydrogens is 472 g/mol. The Morgan fingerprint density at radius 3 is 2.28 bits per heavy atom. The number of hydrogen-bond acceptors (Lipinski definition) is 5. The van der Waals surface area contributed by atoms with Crippen LogP contribution in [0.1, 0.15) is 41.0 Å². The van der Waals surface area contributed by atoms with E-state index >= 15 is 0 Å². The van der Waals surface area contributed by atoms with E-state index in [9.17, 15) is 14.4 Å². The fourth-order valence-electron chi connectivity index (χ4n) is 5.24. The highest BCUT2D eigenvalue weighted by Crippen LogP contribution is 2.39. The van der Waals surface area contributed by atoms with Crippen molar-refractivity contribution in [1.82, 2.24) is 15.1 Å². The van der Waals surface area contributed by atoms with E-state index in [0.717, 1.165) is 16.1 Å². The highest BCUT2D eigenvalue weighted by molar-refractivity contribution is 7.12. The van der Waals surface area contributed by atoms with E-state index in [0.29, 0.717) is 32.6 Å². The van der Waals surface area contributed by atoms with Gasteiger partial charge in [-0.15, -0.1) is 11.3 Å². The number of anilines is 1. The van der Waals surface area contributed by atoms with Crippen LogP contribution in [0.5, 0.6) is 0 Å². The molecule has 0 aliphatic carbocycles. The number of piperidine rings is 1. The van der Waals surface area contributed by atoms with Gasteiger partial charge in [-0.1, -0.05) is 54.6 Å². The Kier molecular flexibility index (Phi) is 6.78. The summed E-state index contributed by atoms with van der Waals surface area (Å²) in [6.45, 7) is 3.28. The molecule has 0 saturated carbocycles. The number of thiophene rings is 1. The van der Waals surface area contributed by atoms with E-state index in [2.05, 4.69) is 10.2 Å². The number of benzene rings is 2. The van der Waals surface area contributed by atoms with Gasteiger partial charge < -0.3 is 20.0 Å². The summed E-state index contributed by atoms with van der Waals surface area (Å²) in [6.07, 6.45) is 1.05. The van der Waals surface area contributed by atoms with Crippen LogP contribution >= 0.6 is 11.3 Å². The smallest absolute Gasteiger partial charge is 0.263 e. The summed E-state index contributed by atoms with van der Waals surface area (Å²) in [5, 5.41) is 4.92. The lowest BCUT2D eigenvalue weighted by Crippen LogP contribution is -2.57. The number of carbonyl (C=O) groups is 3. The molecule has 3 amide bonds. The molecule has 3 aromatic rings. The Labute approximate surface area is 215 Å². The van der Waals surface area contributed by atoms with Crippen molar-refractivity contribution < 1.29 is 14.4 Å². The van der Waals surface area contributed by atoms with E-state index in [1.54, 1.807) is 4.90 Å².